The fraction of sp³-hybridized carbons (Fsp3) is 0.317. The molecule has 0 radical (unpaired) electrons. The molecule has 0 bridgehead atoms. The van der Waals surface area contributed by atoms with Gasteiger partial charge in [-0.25, -0.2) is 9.59 Å². The van der Waals surface area contributed by atoms with Crippen LogP contribution in [-0.4, -0.2) is 115 Å². The van der Waals surface area contributed by atoms with Crippen LogP contribution in [0.25, 0.3) is 10.8 Å². The van der Waals surface area contributed by atoms with Crippen LogP contribution in [0.1, 0.15) is 16.7 Å². The van der Waals surface area contributed by atoms with Crippen molar-refractivity contribution in [2.75, 3.05) is 53.9 Å². The summed E-state index contributed by atoms with van der Waals surface area (Å²) < 4.78 is 10.7. The minimum absolute atomic E-state index is 0.0872. The van der Waals surface area contributed by atoms with Gasteiger partial charge < -0.3 is 34.8 Å². The van der Waals surface area contributed by atoms with Crippen LogP contribution in [-0.2, 0) is 29.1 Å². The molecule has 13 nitrogen and oxygen atoms in total. The zero-order valence-corrected chi connectivity index (χ0v) is 30.9. The minimum Gasteiger partial charge on any atom is -0.497 e. The molecule has 6 rings (SSSR count). The van der Waals surface area contributed by atoms with E-state index < -0.39 is 24.3 Å². The molecule has 282 valence electrons. The number of carbonyl (C=O) groups is 4. The third-order valence-corrected chi connectivity index (χ3v) is 9.65. The lowest BCUT2D eigenvalue weighted by atomic mass is 9.99. The number of nitrogens with zero attached hydrogens (tertiary/aromatic N) is 5. The van der Waals surface area contributed by atoms with Gasteiger partial charge in [0.2, 0.25) is 11.8 Å². The lowest BCUT2D eigenvalue weighted by Crippen LogP contribution is -2.66. The van der Waals surface area contributed by atoms with Crippen molar-refractivity contribution in [1.29, 1.82) is 0 Å². The average Bonchev–Trinajstić information content (AvgIpc) is 3.50. The number of urea groups is 1. The summed E-state index contributed by atoms with van der Waals surface area (Å²) in [7, 11) is 5.43. The van der Waals surface area contributed by atoms with Crippen LogP contribution in [0.2, 0.25) is 0 Å². The van der Waals surface area contributed by atoms with Crippen LogP contribution in [0.15, 0.2) is 104 Å². The Morgan fingerprint density at radius 2 is 1.61 bits per heavy atom. The molecule has 0 unspecified atom stereocenters. The summed E-state index contributed by atoms with van der Waals surface area (Å²) in [5.41, 5.74) is 2.65. The van der Waals surface area contributed by atoms with E-state index in [-0.39, 0.29) is 44.4 Å². The Morgan fingerprint density at radius 3 is 2.33 bits per heavy atom. The van der Waals surface area contributed by atoms with Crippen LogP contribution in [0.4, 0.5) is 9.59 Å². The van der Waals surface area contributed by atoms with E-state index in [2.05, 4.69) is 17.2 Å². The standard InChI is InChI=1S/C41H47N7O6/c1-5-22-46(40(51)43-25-30-15-17-33(53-4)18-16-30)47-28-38(49)48-36(24-29-13-19-34(20-14-29)54-41(52)42-21-23-44(2)3)39(50)45(27-37(47)48)26-32-11-8-10-31-9-6-7-12-35(31)32/h5-20,36-37H,1,21-28H2,2-4H3,(H,42,52)(H,43,51)/t36-,37+/m0/s1. The molecule has 13 heteroatoms. The maximum absolute atomic E-state index is 14.5. The number of hydrogen-bond donors (Lipinski definition) is 2. The fourth-order valence-electron chi connectivity index (χ4n) is 6.91. The zero-order valence-electron chi connectivity index (χ0n) is 30.9. The molecular weight excluding hydrogens is 686 g/mol. The van der Waals surface area contributed by atoms with Crippen molar-refractivity contribution in [3.63, 3.8) is 0 Å². The highest BCUT2D eigenvalue weighted by Crippen LogP contribution is 2.31. The van der Waals surface area contributed by atoms with Gasteiger partial charge in [-0.2, -0.15) is 5.01 Å². The molecule has 4 aromatic rings. The molecule has 2 aliphatic heterocycles. The third kappa shape index (κ3) is 8.81. The molecule has 0 aliphatic carbocycles. The van der Waals surface area contributed by atoms with E-state index in [9.17, 15) is 19.2 Å². The molecule has 5 amide bonds. The molecule has 2 fully saturated rings. The van der Waals surface area contributed by atoms with Gasteiger partial charge in [-0.15, -0.1) is 6.58 Å². The van der Waals surface area contributed by atoms with E-state index in [0.717, 1.165) is 27.5 Å². The van der Waals surface area contributed by atoms with Crippen molar-refractivity contribution >= 4 is 34.7 Å². The second kappa shape index (κ2) is 17.3. The first-order valence-corrected chi connectivity index (χ1v) is 18.0. The Kier molecular flexibility index (Phi) is 12.1. The molecule has 2 saturated heterocycles. The smallest absolute Gasteiger partial charge is 0.412 e. The highest BCUT2D eigenvalue weighted by molar-refractivity contribution is 5.92. The topological polar surface area (TPSA) is 127 Å². The number of likely N-dealkylation sites (N-methyl/N-ethyl adjacent to an activating group) is 1. The lowest BCUT2D eigenvalue weighted by Gasteiger charge is -2.46. The van der Waals surface area contributed by atoms with Gasteiger partial charge in [0.15, 0.2) is 0 Å². The van der Waals surface area contributed by atoms with Gasteiger partial charge in [0.25, 0.3) is 0 Å². The number of piperazine rings is 1. The highest BCUT2D eigenvalue weighted by Gasteiger charge is 2.52. The highest BCUT2D eigenvalue weighted by atomic mass is 16.6. The fourth-order valence-corrected chi connectivity index (χ4v) is 6.91. The number of hydrazine groups is 1. The molecule has 4 aromatic carbocycles. The van der Waals surface area contributed by atoms with E-state index in [1.54, 1.807) is 52.3 Å². The summed E-state index contributed by atoms with van der Waals surface area (Å²) in [5.74, 6) is 0.630. The third-order valence-electron chi connectivity index (χ3n) is 9.65. The Balaban J connectivity index is 1.25. The van der Waals surface area contributed by atoms with Gasteiger partial charge in [-0.1, -0.05) is 72.8 Å². The predicted octanol–water partition coefficient (Wildman–Crippen LogP) is 4.24. The van der Waals surface area contributed by atoms with Crippen molar-refractivity contribution < 1.29 is 28.7 Å². The zero-order chi connectivity index (χ0) is 38.2. The molecule has 2 heterocycles. The SMILES string of the molecule is C=CCN(C(=O)NCc1ccc(OC)cc1)N1CC(=O)N2[C@@H](Cc3ccc(OC(=O)NCCN(C)C)cc3)C(=O)N(Cc3cccc4ccccc34)C[C@@H]21. The Hall–Kier alpha value is -5.92. The number of amides is 5. The number of rotatable bonds is 14. The van der Waals surface area contributed by atoms with Gasteiger partial charge in [-0.3, -0.25) is 14.6 Å². The first-order valence-electron chi connectivity index (χ1n) is 18.0. The molecule has 54 heavy (non-hydrogen) atoms. The Bertz CT molecular complexity index is 1960. The van der Waals surface area contributed by atoms with Crippen LogP contribution >= 0.6 is 0 Å². The van der Waals surface area contributed by atoms with Gasteiger partial charge >= 0.3 is 12.1 Å². The molecule has 0 spiro atoms. The van der Waals surface area contributed by atoms with E-state index in [1.165, 1.54) is 5.01 Å². The number of carbonyl (C=O) groups excluding carboxylic acids is 4. The van der Waals surface area contributed by atoms with Crippen molar-refractivity contribution in [2.45, 2.75) is 31.7 Å². The molecule has 2 atom stereocenters. The summed E-state index contributed by atoms with van der Waals surface area (Å²) in [4.78, 5) is 59.9. The first-order chi connectivity index (χ1) is 26.1. The van der Waals surface area contributed by atoms with Crippen molar-refractivity contribution in [3.8, 4) is 11.5 Å². The largest absolute Gasteiger partial charge is 0.497 e. The Labute approximate surface area is 315 Å². The molecule has 0 saturated carbocycles. The molecule has 2 N–H and O–H groups in total. The second-order valence-corrected chi connectivity index (χ2v) is 13.6. The number of methoxy groups -OCH3 is 1. The maximum Gasteiger partial charge on any atom is 0.412 e. The van der Waals surface area contributed by atoms with Crippen LogP contribution in [0, 0.1) is 0 Å². The van der Waals surface area contributed by atoms with E-state index >= 15 is 0 Å². The summed E-state index contributed by atoms with van der Waals surface area (Å²) in [6.45, 7) is 5.84. The van der Waals surface area contributed by atoms with E-state index in [1.807, 2.05) is 85.7 Å². The van der Waals surface area contributed by atoms with Crippen LogP contribution < -0.4 is 20.1 Å². The average molecular weight is 734 g/mol. The number of fused-ring (bicyclic) bond motifs is 2. The lowest BCUT2D eigenvalue weighted by molar-refractivity contribution is -0.157. The van der Waals surface area contributed by atoms with Gasteiger partial charge in [0.05, 0.1) is 26.7 Å². The van der Waals surface area contributed by atoms with Gasteiger partial charge in [0, 0.05) is 32.6 Å². The van der Waals surface area contributed by atoms with Crippen molar-refractivity contribution in [2.24, 2.45) is 0 Å². The van der Waals surface area contributed by atoms with Crippen LogP contribution in [0.5, 0.6) is 11.5 Å². The summed E-state index contributed by atoms with van der Waals surface area (Å²) in [6.07, 6.45) is 0.668. The molecule has 2 aliphatic rings. The number of hydrogen-bond acceptors (Lipinski definition) is 8. The number of benzene rings is 4. The quantitative estimate of drug-likeness (QED) is 0.185. The monoisotopic (exact) mass is 733 g/mol. The maximum atomic E-state index is 14.5. The van der Waals surface area contributed by atoms with E-state index in [4.69, 9.17) is 9.47 Å². The van der Waals surface area contributed by atoms with Crippen molar-refractivity contribution in [1.82, 2.24) is 35.4 Å². The van der Waals surface area contributed by atoms with Crippen molar-refractivity contribution in [3.05, 3.63) is 120 Å². The predicted molar refractivity (Wildman–Crippen MR) is 205 cm³/mol. The summed E-state index contributed by atoms with van der Waals surface area (Å²) >= 11 is 0. The number of ether oxygens (including phenoxy) is 2. The first kappa shape index (κ1) is 37.8. The number of nitrogens with one attached hydrogen (secondary N) is 2. The van der Waals surface area contributed by atoms with Gasteiger partial charge in [-0.05, 0) is 65.8 Å². The second-order valence-electron chi connectivity index (χ2n) is 13.6. The molecular formula is C41H47N7O6. The molecule has 0 aromatic heterocycles. The van der Waals surface area contributed by atoms with Gasteiger partial charge in [0.1, 0.15) is 23.7 Å². The Morgan fingerprint density at radius 1 is 0.907 bits per heavy atom. The van der Waals surface area contributed by atoms with Crippen LogP contribution in [0.3, 0.4) is 0 Å². The van der Waals surface area contributed by atoms with E-state index in [0.29, 0.717) is 31.1 Å². The summed E-state index contributed by atoms with van der Waals surface area (Å²) in [5, 5.41) is 11.0. The minimum atomic E-state index is -0.842. The summed E-state index contributed by atoms with van der Waals surface area (Å²) in [6, 6.07) is 27.2. The normalized spacial score (nSPS) is 17.0.